The summed E-state index contributed by atoms with van der Waals surface area (Å²) < 4.78 is 0. The van der Waals surface area contributed by atoms with E-state index in [0.717, 1.165) is 12.5 Å². The normalized spacial score (nSPS) is 25.5. The standard InChI is InChI=1S/C16H34N2/c1-3-4-5-6-7-8-9-10-12-18-13-11-15(2)16(17)14-18/h15-16H,3-14,17H2,1-2H3. The van der Waals surface area contributed by atoms with Crippen LogP contribution < -0.4 is 5.73 Å². The van der Waals surface area contributed by atoms with Crippen LogP contribution in [0.25, 0.3) is 0 Å². The first-order valence-electron chi connectivity index (χ1n) is 8.22. The van der Waals surface area contributed by atoms with Crippen molar-refractivity contribution in [2.45, 2.75) is 77.7 Å². The van der Waals surface area contributed by atoms with Gasteiger partial charge in [0.15, 0.2) is 0 Å². The van der Waals surface area contributed by atoms with Gasteiger partial charge >= 0.3 is 0 Å². The van der Waals surface area contributed by atoms with Gasteiger partial charge in [0.2, 0.25) is 0 Å². The first kappa shape index (κ1) is 16.0. The summed E-state index contributed by atoms with van der Waals surface area (Å²) in [5.41, 5.74) is 6.13. The number of hydrogen-bond donors (Lipinski definition) is 1. The fourth-order valence-electron chi connectivity index (χ4n) is 2.84. The molecule has 0 saturated carbocycles. The molecule has 108 valence electrons. The van der Waals surface area contributed by atoms with Gasteiger partial charge in [0.1, 0.15) is 0 Å². The van der Waals surface area contributed by atoms with Crippen molar-refractivity contribution in [3.05, 3.63) is 0 Å². The molecule has 1 saturated heterocycles. The lowest BCUT2D eigenvalue weighted by Crippen LogP contribution is -2.47. The second kappa shape index (κ2) is 9.80. The van der Waals surface area contributed by atoms with Gasteiger partial charge in [0, 0.05) is 12.6 Å². The van der Waals surface area contributed by atoms with Crippen molar-refractivity contribution in [1.82, 2.24) is 4.90 Å². The molecule has 1 fully saturated rings. The van der Waals surface area contributed by atoms with E-state index in [4.69, 9.17) is 5.73 Å². The highest BCUT2D eigenvalue weighted by molar-refractivity contribution is 4.80. The highest BCUT2D eigenvalue weighted by atomic mass is 15.1. The van der Waals surface area contributed by atoms with Gasteiger partial charge in [-0.2, -0.15) is 0 Å². The molecule has 0 amide bonds. The average Bonchev–Trinajstić information content (AvgIpc) is 2.37. The Morgan fingerprint density at radius 3 is 2.22 bits per heavy atom. The van der Waals surface area contributed by atoms with Crippen molar-refractivity contribution in [3.63, 3.8) is 0 Å². The van der Waals surface area contributed by atoms with Crippen LogP contribution in [0.4, 0.5) is 0 Å². The van der Waals surface area contributed by atoms with Crippen molar-refractivity contribution in [2.24, 2.45) is 11.7 Å². The molecule has 0 bridgehead atoms. The third-order valence-electron chi connectivity index (χ3n) is 4.43. The van der Waals surface area contributed by atoms with E-state index in [-0.39, 0.29) is 0 Å². The highest BCUT2D eigenvalue weighted by Gasteiger charge is 2.22. The van der Waals surface area contributed by atoms with Gasteiger partial charge in [-0.15, -0.1) is 0 Å². The number of unbranched alkanes of at least 4 members (excludes halogenated alkanes) is 7. The van der Waals surface area contributed by atoms with Gasteiger partial charge in [-0.3, -0.25) is 0 Å². The Morgan fingerprint density at radius 2 is 1.61 bits per heavy atom. The minimum absolute atomic E-state index is 0.410. The predicted octanol–water partition coefficient (Wildman–Crippen LogP) is 3.80. The lowest BCUT2D eigenvalue weighted by molar-refractivity contribution is 0.166. The Hall–Kier alpha value is -0.0800. The maximum absolute atomic E-state index is 6.13. The van der Waals surface area contributed by atoms with Crippen LogP contribution in [-0.2, 0) is 0 Å². The van der Waals surface area contributed by atoms with Crippen molar-refractivity contribution < 1.29 is 0 Å². The summed E-state index contributed by atoms with van der Waals surface area (Å²) in [4.78, 5) is 2.57. The zero-order valence-electron chi connectivity index (χ0n) is 12.7. The maximum atomic E-state index is 6.13. The molecule has 1 rings (SSSR count). The van der Waals surface area contributed by atoms with Crippen LogP contribution in [0, 0.1) is 5.92 Å². The molecule has 0 aromatic heterocycles. The van der Waals surface area contributed by atoms with Crippen LogP contribution in [0.3, 0.4) is 0 Å². The summed E-state index contributed by atoms with van der Waals surface area (Å²) in [5.74, 6) is 0.722. The molecular weight excluding hydrogens is 220 g/mol. The zero-order chi connectivity index (χ0) is 13.2. The van der Waals surface area contributed by atoms with E-state index in [1.807, 2.05) is 0 Å². The Bertz CT molecular complexity index is 194. The topological polar surface area (TPSA) is 29.3 Å². The van der Waals surface area contributed by atoms with Crippen LogP contribution in [0.2, 0.25) is 0 Å². The van der Waals surface area contributed by atoms with Crippen LogP contribution in [-0.4, -0.2) is 30.6 Å². The number of nitrogens with zero attached hydrogens (tertiary/aromatic N) is 1. The third-order valence-corrected chi connectivity index (χ3v) is 4.43. The Kier molecular flexibility index (Phi) is 8.70. The first-order chi connectivity index (χ1) is 8.74. The zero-order valence-corrected chi connectivity index (χ0v) is 12.7. The van der Waals surface area contributed by atoms with Crippen molar-refractivity contribution in [1.29, 1.82) is 0 Å². The van der Waals surface area contributed by atoms with Gasteiger partial charge in [-0.05, 0) is 31.8 Å². The Morgan fingerprint density at radius 1 is 1.00 bits per heavy atom. The number of likely N-dealkylation sites (tertiary alicyclic amines) is 1. The van der Waals surface area contributed by atoms with E-state index < -0.39 is 0 Å². The van der Waals surface area contributed by atoms with E-state index in [0.29, 0.717) is 6.04 Å². The molecule has 2 atom stereocenters. The first-order valence-corrected chi connectivity index (χ1v) is 8.22. The molecular formula is C16H34N2. The molecule has 0 aliphatic carbocycles. The second-order valence-corrected chi connectivity index (χ2v) is 6.21. The van der Waals surface area contributed by atoms with Gasteiger partial charge in [0.05, 0.1) is 0 Å². The molecule has 0 aromatic rings. The fraction of sp³-hybridized carbons (Fsp3) is 1.00. The molecule has 2 unspecified atom stereocenters. The van der Waals surface area contributed by atoms with E-state index in [1.54, 1.807) is 0 Å². The molecule has 1 aliphatic rings. The second-order valence-electron chi connectivity index (χ2n) is 6.21. The Balaban J connectivity index is 1.89. The summed E-state index contributed by atoms with van der Waals surface area (Å²) >= 11 is 0. The van der Waals surface area contributed by atoms with Crippen molar-refractivity contribution >= 4 is 0 Å². The Labute approximate surface area is 114 Å². The molecule has 2 N–H and O–H groups in total. The quantitative estimate of drug-likeness (QED) is 0.634. The van der Waals surface area contributed by atoms with Crippen molar-refractivity contribution in [3.8, 4) is 0 Å². The monoisotopic (exact) mass is 254 g/mol. The van der Waals surface area contributed by atoms with Crippen LogP contribution in [0.5, 0.6) is 0 Å². The highest BCUT2D eigenvalue weighted by Crippen LogP contribution is 2.16. The van der Waals surface area contributed by atoms with Gasteiger partial charge < -0.3 is 10.6 Å². The minimum Gasteiger partial charge on any atom is -0.326 e. The molecule has 1 heterocycles. The molecule has 18 heavy (non-hydrogen) atoms. The number of hydrogen-bond acceptors (Lipinski definition) is 2. The third kappa shape index (κ3) is 6.75. The summed E-state index contributed by atoms with van der Waals surface area (Å²) in [6.45, 7) is 8.24. The van der Waals surface area contributed by atoms with Gasteiger partial charge in [-0.25, -0.2) is 0 Å². The number of nitrogens with two attached hydrogens (primary N) is 1. The number of piperidine rings is 1. The van der Waals surface area contributed by atoms with Gasteiger partial charge in [-0.1, -0.05) is 58.8 Å². The molecule has 2 nitrogen and oxygen atoms in total. The lowest BCUT2D eigenvalue weighted by Gasteiger charge is -2.35. The van der Waals surface area contributed by atoms with E-state index in [1.165, 1.54) is 70.9 Å². The molecule has 0 radical (unpaired) electrons. The predicted molar refractivity (Wildman–Crippen MR) is 80.8 cm³/mol. The summed E-state index contributed by atoms with van der Waals surface area (Å²) in [6, 6.07) is 0.410. The van der Waals surface area contributed by atoms with Crippen LogP contribution in [0.1, 0.15) is 71.6 Å². The van der Waals surface area contributed by atoms with E-state index in [2.05, 4.69) is 18.7 Å². The molecule has 2 heteroatoms. The van der Waals surface area contributed by atoms with Gasteiger partial charge in [0.25, 0.3) is 0 Å². The SMILES string of the molecule is CCCCCCCCCCN1CCC(C)C(N)C1. The molecule has 0 aromatic carbocycles. The maximum Gasteiger partial charge on any atom is 0.0194 e. The van der Waals surface area contributed by atoms with Crippen molar-refractivity contribution in [2.75, 3.05) is 19.6 Å². The lowest BCUT2D eigenvalue weighted by atomic mass is 9.94. The van der Waals surface area contributed by atoms with Crippen LogP contribution >= 0.6 is 0 Å². The summed E-state index contributed by atoms with van der Waals surface area (Å²) in [6.07, 6.45) is 12.6. The molecule has 1 aliphatic heterocycles. The summed E-state index contributed by atoms with van der Waals surface area (Å²) in [7, 11) is 0. The average molecular weight is 254 g/mol. The molecule has 0 spiro atoms. The smallest absolute Gasteiger partial charge is 0.0194 e. The summed E-state index contributed by atoms with van der Waals surface area (Å²) in [5, 5.41) is 0. The fourth-order valence-corrected chi connectivity index (χ4v) is 2.84. The van der Waals surface area contributed by atoms with E-state index >= 15 is 0 Å². The number of rotatable bonds is 9. The minimum atomic E-state index is 0.410. The van der Waals surface area contributed by atoms with Crippen LogP contribution in [0.15, 0.2) is 0 Å². The largest absolute Gasteiger partial charge is 0.326 e. The van der Waals surface area contributed by atoms with E-state index in [9.17, 15) is 0 Å².